The molecule has 5 heteroatoms. The molecule has 0 saturated heterocycles. The Morgan fingerprint density at radius 2 is 1.80 bits per heavy atom. The van der Waals surface area contributed by atoms with Crippen LogP contribution in [0.25, 0.3) is 0 Å². The Balaban J connectivity index is 2.36. The van der Waals surface area contributed by atoms with Crippen LogP contribution in [0.1, 0.15) is 32.8 Å². The van der Waals surface area contributed by atoms with Gasteiger partial charge >= 0.3 is 5.97 Å². The van der Waals surface area contributed by atoms with E-state index in [0.717, 1.165) is 11.3 Å². The minimum absolute atomic E-state index is 0.0909. The number of carbonyl (C=O) groups excluding carboxylic acids is 1. The third-order valence-electron chi connectivity index (χ3n) is 3.11. The maximum absolute atomic E-state index is 10.9. The summed E-state index contributed by atoms with van der Waals surface area (Å²) in [6.45, 7) is 6.24. The van der Waals surface area contributed by atoms with Crippen molar-refractivity contribution in [3.8, 4) is 0 Å². The van der Waals surface area contributed by atoms with Gasteiger partial charge in [-0.2, -0.15) is 0 Å². The van der Waals surface area contributed by atoms with E-state index in [9.17, 15) is 9.59 Å². The normalized spacial score (nSPS) is 11.2. The van der Waals surface area contributed by atoms with Crippen molar-refractivity contribution in [1.82, 2.24) is 5.32 Å². The standard InChI is InChI=1S/C15H22N2O3/c1-11(18)17-13-6-4-12(5-7-13)10-16-9-8-15(2,3)14(19)20/h4-7,16H,8-10H2,1-3H3,(H,17,18)(H,19,20). The molecule has 0 unspecified atom stereocenters. The summed E-state index contributed by atoms with van der Waals surface area (Å²) in [6, 6.07) is 7.56. The highest BCUT2D eigenvalue weighted by Gasteiger charge is 2.25. The molecule has 1 aromatic carbocycles. The molecule has 1 aromatic rings. The largest absolute Gasteiger partial charge is 0.481 e. The predicted octanol–water partition coefficient (Wildman–Crippen LogP) is 2.24. The second-order valence-corrected chi connectivity index (χ2v) is 5.49. The molecule has 0 spiro atoms. The highest BCUT2D eigenvalue weighted by Crippen LogP contribution is 2.19. The molecule has 0 aromatic heterocycles. The number of carbonyl (C=O) groups is 2. The molecule has 1 rings (SSSR count). The van der Waals surface area contributed by atoms with Crippen LogP contribution in [0.4, 0.5) is 5.69 Å². The Labute approximate surface area is 119 Å². The van der Waals surface area contributed by atoms with Crippen molar-refractivity contribution in [1.29, 1.82) is 0 Å². The minimum atomic E-state index is -0.779. The van der Waals surface area contributed by atoms with Gasteiger partial charge < -0.3 is 15.7 Å². The van der Waals surface area contributed by atoms with E-state index in [1.54, 1.807) is 13.8 Å². The number of amides is 1. The number of carboxylic acids is 1. The zero-order chi connectivity index (χ0) is 15.2. The van der Waals surface area contributed by atoms with E-state index in [0.29, 0.717) is 19.5 Å². The van der Waals surface area contributed by atoms with Gasteiger partial charge in [-0.25, -0.2) is 0 Å². The number of nitrogens with one attached hydrogen (secondary N) is 2. The molecule has 110 valence electrons. The van der Waals surface area contributed by atoms with Gasteiger partial charge in [0.05, 0.1) is 5.41 Å². The molecule has 3 N–H and O–H groups in total. The van der Waals surface area contributed by atoms with E-state index in [2.05, 4.69) is 10.6 Å². The summed E-state index contributed by atoms with van der Waals surface area (Å²) < 4.78 is 0. The van der Waals surface area contributed by atoms with Gasteiger partial charge in [-0.05, 0) is 44.5 Å². The second-order valence-electron chi connectivity index (χ2n) is 5.49. The van der Waals surface area contributed by atoms with Gasteiger partial charge in [-0.1, -0.05) is 12.1 Å². The van der Waals surface area contributed by atoms with Crippen LogP contribution in [0.5, 0.6) is 0 Å². The quantitative estimate of drug-likeness (QED) is 0.668. The van der Waals surface area contributed by atoms with Crippen LogP contribution in [-0.4, -0.2) is 23.5 Å². The molecule has 5 nitrogen and oxygen atoms in total. The zero-order valence-corrected chi connectivity index (χ0v) is 12.2. The maximum Gasteiger partial charge on any atom is 0.309 e. The van der Waals surface area contributed by atoms with Crippen LogP contribution in [0.2, 0.25) is 0 Å². The van der Waals surface area contributed by atoms with Gasteiger partial charge in [0.1, 0.15) is 0 Å². The van der Waals surface area contributed by atoms with E-state index in [1.165, 1.54) is 6.92 Å². The lowest BCUT2D eigenvalue weighted by molar-refractivity contribution is -0.147. The van der Waals surface area contributed by atoms with E-state index < -0.39 is 11.4 Å². The summed E-state index contributed by atoms with van der Waals surface area (Å²) in [6.07, 6.45) is 0.576. The average molecular weight is 278 g/mol. The summed E-state index contributed by atoms with van der Waals surface area (Å²) in [7, 11) is 0. The molecule has 0 heterocycles. The Bertz CT molecular complexity index is 467. The zero-order valence-electron chi connectivity index (χ0n) is 12.2. The van der Waals surface area contributed by atoms with Gasteiger partial charge in [0, 0.05) is 19.2 Å². The van der Waals surface area contributed by atoms with Gasteiger partial charge in [-0.15, -0.1) is 0 Å². The van der Waals surface area contributed by atoms with Crippen molar-refractivity contribution >= 4 is 17.6 Å². The highest BCUT2D eigenvalue weighted by atomic mass is 16.4. The molecular formula is C15H22N2O3. The fourth-order valence-electron chi connectivity index (χ4n) is 1.65. The first-order valence-corrected chi connectivity index (χ1v) is 6.62. The van der Waals surface area contributed by atoms with Crippen LogP contribution in [-0.2, 0) is 16.1 Å². The van der Waals surface area contributed by atoms with Crippen molar-refractivity contribution < 1.29 is 14.7 Å². The lowest BCUT2D eigenvalue weighted by Gasteiger charge is -2.18. The number of benzene rings is 1. The Kier molecular flexibility index (Phi) is 5.70. The van der Waals surface area contributed by atoms with Crippen molar-refractivity contribution in [2.24, 2.45) is 5.41 Å². The molecule has 0 fully saturated rings. The average Bonchev–Trinajstić information content (AvgIpc) is 2.35. The third kappa shape index (κ3) is 5.40. The van der Waals surface area contributed by atoms with Crippen LogP contribution in [0.3, 0.4) is 0 Å². The molecule has 0 radical (unpaired) electrons. The number of carboxylic acid groups (broad SMARTS) is 1. The van der Waals surface area contributed by atoms with Gasteiger partial charge in [0.2, 0.25) is 5.91 Å². The Morgan fingerprint density at radius 1 is 1.20 bits per heavy atom. The lowest BCUT2D eigenvalue weighted by atomic mass is 9.90. The summed E-state index contributed by atoms with van der Waals surface area (Å²) in [5.41, 5.74) is 1.16. The van der Waals surface area contributed by atoms with Gasteiger partial charge in [0.15, 0.2) is 0 Å². The topological polar surface area (TPSA) is 78.4 Å². The Hall–Kier alpha value is -1.88. The van der Waals surface area contributed by atoms with Crippen LogP contribution in [0.15, 0.2) is 24.3 Å². The molecule has 20 heavy (non-hydrogen) atoms. The molecule has 1 amide bonds. The van der Waals surface area contributed by atoms with Crippen molar-refractivity contribution in [3.63, 3.8) is 0 Å². The van der Waals surface area contributed by atoms with E-state index in [-0.39, 0.29) is 5.91 Å². The van der Waals surface area contributed by atoms with E-state index in [4.69, 9.17) is 5.11 Å². The van der Waals surface area contributed by atoms with Crippen LogP contribution in [0, 0.1) is 5.41 Å². The summed E-state index contributed by atoms with van der Waals surface area (Å²) >= 11 is 0. The van der Waals surface area contributed by atoms with Crippen molar-refractivity contribution in [2.45, 2.75) is 33.7 Å². The number of rotatable bonds is 7. The van der Waals surface area contributed by atoms with Gasteiger partial charge in [-0.3, -0.25) is 9.59 Å². The molecular weight excluding hydrogens is 256 g/mol. The van der Waals surface area contributed by atoms with Crippen molar-refractivity contribution in [2.75, 3.05) is 11.9 Å². The fourth-order valence-corrected chi connectivity index (χ4v) is 1.65. The van der Waals surface area contributed by atoms with E-state index >= 15 is 0 Å². The smallest absolute Gasteiger partial charge is 0.309 e. The maximum atomic E-state index is 10.9. The monoisotopic (exact) mass is 278 g/mol. The number of aliphatic carboxylic acids is 1. The van der Waals surface area contributed by atoms with E-state index in [1.807, 2.05) is 24.3 Å². The second kappa shape index (κ2) is 7.05. The third-order valence-corrected chi connectivity index (χ3v) is 3.11. The minimum Gasteiger partial charge on any atom is -0.481 e. The SMILES string of the molecule is CC(=O)Nc1ccc(CNCCC(C)(C)C(=O)O)cc1. The molecule has 0 atom stereocenters. The first-order valence-electron chi connectivity index (χ1n) is 6.62. The van der Waals surface area contributed by atoms with Gasteiger partial charge in [0.25, 0.3) is 0 Å². The molecule has 0 saturated carbocycles. The Morgan fingerprint density at radius 3 is 2.30 bits per heavy atom. The predicted molar refractivity (Wildman–Crippen MR) is 78.5 cm³/mol. The summed E-state index contributed by atoms with van der Waals surface area (Å²) in [4.78, 5) is 21.8. The van der Waals surface area contributed by atoms with Crippen LogP contribution < -0.4 is 10.6 Å². The lowest BCUT2D eigenvalue weighted by Crippen LogP contribution is -2.28. The highest BCUT2D eigenvalue weighted by molar-refractivity contribution is 5.88. The number of anilines is 1. The number of hydrogen-bond acceptors (Lipinski definition) is 3. The van der Waals surface area contributed by atoms with Crippen LogP contribution >= 0.6 is 0 Å². The van der Waals surface area contributed by atoms with Crippen molar-refractivity contribution in [3.05, 3.63) is 29.8 Å². The number of hydrogen-bond donors (Lipinski definition) is 3. The molecule has 0 aliphatic rings. The first-order chi connectivity index (χ1) is 9.31. The molecule has 0 bridgehead atoms. The summed E-state index contributed by atoms with van der Waals surface area (Å²) in [5, 5.41) is 14.9. The molecule has 0 aliphatic carbocycles. The first kappa shape index (κ1) is 16.2. The summed E-state index contributed by atoms with van der Waals surface area (Å²) in [5.74, 6) is -0.870. The fraction of sp³-hybridized carbons (Fsp3) is 0.467. The molecule has 0 aliphatic heterocycles.